The summed E-state index contributed by atoms with van der Waals surface area (Å²) in [5.41, 5.74) is -0.591. The monoisotopic (exact) mass is 256 g/mol. The third-order valence-corrected chi connectivity index (χ3v) is 2.94. The minimum absolute atomic E-state index is 0.0699. The Morgan fingerprint density at radius 3 is 2.94 bits per heavy atom. The maximum Gasteiger partial charge on any atom is 0.330 e. The van der Waals surface area contributed by atoms with E-state index >= 15 is 0 Å². The van der Waals surface area contributed by atoms with Crippen molar-refractivity contribution in [3.05, 3.63) is 32.6 Å². The molecule has 1 aromatic rings. The summed E-state index contributed by atoms with van der Waals surface area (Å²) in [6.07, 6.45) is 2.08. The van der Waals surface area contributed by atoms with Gasteiger partial charge in [0.25, 0.3) is 5.56 Å². The van der Waals surface area contributed by atoms with Gasteiger partial charge in [0.2, 0.25) is 0 Å². The molecular weight excluding hydrogens is 240 g/mol. The van der Waals surface area contributed by atoms with Gasteiger partial charge in [-0.3, -0.25) is 14.3 Å². The van der Waals surface area contributed by atoms with Crippen molar-refractivity contribution in [2.24, 2.45) is 0 Å². The molecule has 0 saturated carbocycles. The van der Waals surface area contributed by atoms with Crippen LogP contribution in [0.25, 0.3) is 0 Å². The predicted molar refractivity (Wildman–Crippen MR) is 62.3 cm³/mol. The van der Waals surface area contributed by atoms with Gasteiger partial charge in [0.05, 0.1) is 24.9 Å². The third-order valence-electron chi connectivity index (χ3n) is 2.94. The molecule has 0 radical (unpaired) electrons. The minimum atomic E-state index is -0.511. The fourth-order valence-corrected chi connectivity index (χ4v) is 2.02. The van der Waals surface area contributed by atoms with Crippen molar-refractivity contribution in [2.45, 2.75) is 31.8 Å². The topological polar surface area (TPSA) is 93.6 Å². The van der Waals surface area contributed by atoms with E-state index in [4.69, 9.17) is 14.6 Å². The van der Waals surface area contributed by atoms with Gasteiger partial charge in [-0.25, -0.2) is 4.79 Å². The van der Waals surface area contributed by atoms with Crippen LogP contribution in [-0.4, -0.2) is 34.5 Å². The molecule has 7 heteroatoms. The SMILES string of the molecule is COCc1cn(C2CCC(CO)O2)c(=O)[nH]c1=O. The lowest BCUT2D eigenvalue weighted by atomic mass is 10.2. The van der Waals surface area contributed by atoms with E-state index in [2.05, 4.69) is 4.98 Å². The summed E-state index contributed by atoms with van der Waals surface area (Å²) in [6.45, 7) is 0.0608. The number of nitrogens with zero attached hydrogens (tertiary/aromatic N) is 1. The van der Waals surface area contributed by atoms with Gasteiger partial charge < -0.3 is 14.6 Å². The number of aromatic amines is 1. The predicted octanol–water partition coefficient (Wildman–Crippen LogP) is -0.647. The number of nitrogens with one attached hydrogen (secondary N) is 1. The van der Waals surface area contributed by atoms with Gasteiger partial charge in [0.1, 0.15) is 6.23 Å². The first-order valence-electron chi connectivity index (χ1n) is 5.75. The van der Waals surface area contributed by atoms with Crippen LogP contribution in [0.2, 0.25) is 0 Å². The van der Waals surface area contributed by atoms with Crippen molar-refractivity contribution < 1.29 is 14.6 Å². The average Bonchev–Trinajstić information content (AvgIpc) is 2.81. The summed E-state index contributed by atoms with van der Waals surface area (Å²) in [6, 6.07) is 0. The number of aliphatic hydroxyl groups excluding tert-OH is 1. The van der Waals surface area contributed by atoms with Crippen molar-refractivity contribution in [1.29, 1.82) is 0 Å². The van der Waals surface area contributed by atoms with Gasteiger partial charge in [0, 0.05) is 13.3 Å². The Morgan fingerprint density at radius 1 is 1.56 bits per heavy atom. The summed E-state index contributed by atoms with van der Waals surface area (Å²) in [5.74, 6) is 0. The van der Waals surface area contributed by atoms with E-state index in [1.165, 1.54) is 17.9 Å². The molecule has 0 aromatic carbocycles. The molecule has 2 heterocycles. The molecule has 18 heavy (non-hydrogen) atoms. The molecule has 2 N–H and O–H groups in total. The lowest BCUT2D eigenvalue weighted by Gasteiger charge is -2.15. The van der Waals surface area contributed by atoms with Gasteiger partial charge in [-0.05, 0) is 12.8 Å². The Balaban J connectivity index is 2.30. The quantitative estimate of drug-likeness (QED) is 0.747. The summed E-state index contributed by atoms with van der Waals surface area (Å²) in [7, 11) is 1.47. The lowest BCUT2D eigenvalue weighted by Crippen LogP contribution is -2.34. The van der Waals surface area contributed by atoms with Crippen LogP contribution in [0.4, 0.5) is 0 Å². The smallest absolute Gasteiger partial charge is 0.330 e. The van der Waals surface area contributed by atoms with Crippen LogP contribution in [-0.2, 0) is 16.1 Å². The molecule has 0 amide bonds. The molecule has 1 saturated heterocycles. The molecule has 1 aliphatic heterocycles. The number of hydrogen-bond acceptors (Lipinski definition) is 5. The van der Waals surface area contributed by atoms with Crippen LogP contribution >= 0.6 is 0 Å². The van der Waals surface area contributed by atoms with E-state index in [1.54, 1.807) is 0 Å². The van der Waals surface area contributed by atoms with Gasteiger partial charge in [0.15, 0.2) is 0 Å². The van der Waals surface area contributed by atoms with Gasteiger partial charge in [-0.2, -0.15) is 0 Å². The first-order valence-corrected chi connectivity index (χ1v) is 5.75. The highest BCUT2D eigenvalue weighted by Gasteiger charge is 2.27. The first-order chi connectivity index (χ1) is 8.65. The zero-order valence-corrected chi connectivity index (χ0v) is 10.1. The minimum Gasteiger partial charge on any atom is -0.394 e. The molecule has 1 aliphatic rings. The highest BCUT2D eigenvalue weighted by atomic mass is 16.5. The summed E-state index contributed by atoms with van der Waals surface area (Å²) in [4.78, 5) is 25.4. The van der Waals surface area contributed by atoms with Crippen LogP contribution < -0.4 is 11.2 Å². The largest absolute Gasteiger partial charge is 0.394 e. The number of ether oxygens (including phenoxy) is 2. The van der Waals surface area contributed by atoms with Crippen LogP contribution in [0, 0.1) is 0 Å². The fraction of sp³-hybridized carbons (Fsp3) is 0.636. The standard InChI is InChI=1S/C11H16N2O5/c1-17-6-7-4-13(11(16)12-10(7)15)9-3-2-8(5-14)18-9/h4,8-9,14H,2-3,5-6H2,1H3,(H,12,15,16). The second-order valence-corrected chi connectivity index (χ2v) is 4.23. The number of aliphatic hydroxyl groups is 1. The number of hydrogen-bond donors (Lipinski definition) is 2. The molecule has 0 spiro atoms. The Hall–Kier alpha value is -1.44. The zero-order valence-electron chi connectivity index (χ0n) is 10.1. The maximum absolute atomic E-state index is 11.7. The van der Waals surface area contributed by atoms with E-state index in [0.29, 0.717) is 18.4 Å². The Labute approximate surface area is 103 Å². The van der Waals surface area contributed by atoms with Crippen molar-refractivity contribution in [3.63, 3.8) is 0 Å². The molecule has 2 rings (SSSR count). The van der Waals surface area contributed by atoms with Crippen molar-refractivity contribution in [2.75, 3.05) is 13.7 Å². The van der Waals surface area contributed by atoms with Crippen molar-refractivity contribution in [1.82, 2.24) is 9.55 Å². The number of rotatable bonds is 4. The lowest BCUT2D eigenvalue weighted by molar-refractivity contribution is -0.0249. The Bertz CT molecular complexity index is 521. The van der Waals surface area contributed by atoms with Gasteiger partial charge in [-0.1, -0.05) is 0 Å². The van der Waals surface area contributed by atoms with Gasteiger partial charge in [-0.15, -0.1) is 0 Å². The van der Waals surface area contributed by atoms with Crippen LogP contribution in [0.5, 0.6) is 0 Å². The molecule has 1 aromatic heterocycles. The van der Waals surface area contributed by atoms with Crippen LogP contribution in [0.15, 0.2) is 15.8 Å². The molecule has 2 unspecified atom stereocenters. The summed E-state index contributed by atoms with van der Waals surface area (Å²) >= 11 is 0. The van der Waals surface area contributed by atoms with Crippen LogP contribution in [0.1, 0.15) is 24.6 Å². The van der Waals surface area contributed by atoms with E-state index in [9.17, 15) is 9.59 Å². The third kappa shape index (κ3) is 2.53. The van der Waals surface area contributed by atoms with E-state index in [1.807, 2.05) is 0 Å². The molecule has 0 aliphatic carbocycles. The zero-order chi connectivity index (χ0) is 13.1. The normalized spacial score (nSPS) is 23.4. The van der Waals surface area contributed by atoms with E-state index in [0.717, 1.165) is 0 Å². The fourth-order valence-electron chi connectivity index (χ4n) is 2.02. The van der Waals surface area contributed by atoms with Crippen LogP contribution in [0.3, 0.4) is 0 Å². The molecule has 2 atom stereocenters. The second-order valence-electron chi connectivity index (χ2n) is 4.23. The van der Waals surface area contributed by atoms with Gasteiger partial charge >= 0.3 is 5.69 Å². The molecule has 7 nitrogen and oxygen atoms in total. The first kappa shape index (κ1) is 13.0. The Morgan fingerprint density at radius 2 is 2.33 bits per heavy atom. The summed E-state index contributed by atoms with van der Waals surface area (Å²) in [5, 5.41) is 8.99. The van der Waals surface area contributed by atoms with E-state index in [-0.39, 0.29) is 19.3 Å². The highest BCUT2D eigenvalue weighted by Crippen LogP contribution is 2.26. The van der Waals surface area contributed by atoms with E-state index < -0.39 is 17.5 Å². The maximum atomic E-state index is 11.7. The molecule has 1 fully saturated rings. The van der Waals surface area contributed by atoms with Crippen molar-refractivity contribution in [3.8, 4) is 0 Å². The number of aromatic nitrogens is 2. The Kier molecular flexibility index (Phi) is 3.95. The van der Waals surface area contributed by atoms with Crippen molar-refractivity contribution >= 4 is 0 Å². The highest BCUT2D eigenvalue weighted by molar-refractivity contribution is 5.03. The molecular formula is C11H16N2O5. The second kappa shape index (κ2) is 5.47. The molecule has 0 bridgehead atoms. The number of methoxy groups -OCH3 is 1. The number of H-pyrrole nitrogens is 1. The average molecular weight is 256 g/mol. The summed E-state index contributed by atoms with van der Waals surface area (Å²) < 4.78 is 11.7. The molecule has 100 valence electrons.